The van der Waals surface area contributed by atoms with Crippen LogP contribution < -0.4 is 0 Å². The first-order valence-electron chi connectivity index (χ1n) is 14.4. The molecule has 0 aliphatic heterocycles. The molecule has 0 amide bonds. The van der Waals surface area contributed by atoms with E-state index in [1.807, 2.05) is 0 Å². The monoisotopic (exact) mass is 453 g/mol. The molecule has 188 valence electrons. The first-order valence-corrected chi connectivity index (χ1v) is 14.4. The minimum atomic E-state index is 0.311. The second kappa shape index (κ2) is 13.2. The van der Waals surface area contributed by atoms with Gasteiger partial charge >= 0.3 is 0 Å². The zero-order chi connectivity index (χ0) is 24.7. The number of allylic oxidation sites excluding steroid dienone is 2. The standard InChI is InChI=1S/C32H55N/c1-10-13-21(4)16-24(7)32(28(12-3)17-22(5)31-19-23(31)6)25(8)18-27(11-2)26(9)30-15-14-29(30)20-33/h10,21,23-32H,1,5,11-19H2,2-4,6-9H3. The molecule has 0 heterocycles. The van der Waals surface area contributed by atoms with Crippen LogP contribution in [0.5, 0.6) is 0 Å². The number of rotatable bonds is 16. The van der Waals surface area contributed by atoms with E-state index in [0.717, 1.165) is 54.3 Å². The third kappa shape index (κ3) is 7.47. The molecule has 2 aliphatic rings. The fraction of sp³-hybridized carbons (Fsp3) is 0.844. The molecule has 2 fully saturated rings. The molecule has 2 saturated carbocycles. The molecule has 1 nitrogen and oxygen atoms in total. The summed E-state index contributed by atoms with van der Waals surface area (Å²) in [5.74, 6) is 7.66. The largest absolute Gasteiger partial charge is 0.198 e. The molecule has 11 unspecified atom stereocenters. The van der Waals surface area contributed by atoms with Crippen molar-refractivity contribution in [2.24, 2.45) is 65.1 Å². The lowest BCUT2D eigenvalue weighted by Gasteiger charge is -2.43. The van der Waals surface area contributed by atoms with Crippen LogP contribution in [0.15, 0.2) is 24.8 Å². The van der Waals surface area contributed by atoms with Gasteiger partial charge in [-0.05, 0) is 104 Å². The molecule has 0 aromatic heterocycles. The van der Waals surface area contributed by atoms with Gasteiger partial charge in [-0.1, -0.05) is 79.5 Å². The maximum absolute atomic E-state index is 9.52. The summed E-state index contributed by atoms with van der Waals surface area (Å²) in [6.45, 7) is 25.7. The van der Waals surface area contributed by atoms with Crippen molar-refractivity contribution in [2.45, 2.75) is 106 Å². The summed E-state index contributed by atoms with van der Waals surface area (Å²) in [5, 5.41) is 9.52. The van der Waals surface area contributed by atoms with E-state index < -0.39 is 0 Å². The SMILES string of the molecule is C=CCC(C)CC(C)C(C(C)CC(CC)C(C)C1CCC1C#N)C(CC)CC(=C)C1CC1C. The van der Waals surface area contributed by atoms with Crippen molar-refractivity contribution < 1.29 is 0 Å². The van der Waals surface area contributed by atoms with E-state index in [4.69, 9.17) is 0 Å². The van der Waals surface area contributed by atoms with Gasteiger partial charge in [0.05, 0.1) is 6.07 Å². The zero-order valence-corrected chi connectivity index (χ0v) is 23.2. The normalized spacial score (nSPS) is 30.6. The van der Waals surface area contributed by atoms with Gasteiger partial charge in [-0.15, -0.1) is 6.58 Å². The smallest absolute Gasteiger partial charge is 0.0658 e. The predicted octanol–water partition coefficient (Wildman–Crippen LogP) is 9.71. The third-order valence-electron chi connectivity index (χ3n) is 10.00. The summed E-state index contributed by atoms with van der Waals surface area (Å²) in [4.78, 5) is 0. The average molecular weight is 454 g/mol. The number of hydrogen-bond acceptors (Lipinski definition) is 1. The number of hydrogen-bond donors (Lipinski definition) is 0. The molecular weight excluding hydrogens is 398 g/mol. The Balaban J connectivity index is 2.15. The molecule has 2 rings (SSSR count). The van der Waals surface area contributed by atoms with E-state index >= 15 is 0 Å². The highest BCUT2D eigenvalue weighted by atomic mass is 14.5. The Bertz CT molecular complexity index is 656. The minimum absolute atomic E-state index is 0.311. The molecule has 0 saturated heterocycles. The van der Waals surface area contributed by atoms with Gasteiger partial charge in [-0.2, -0.15) is 5.26 Å². The highest BCUT2D eigenvalue weighted by Gasteiger charge is 2.41. The van der Waals surface area contributed by atoms with Crippen molar-refractivity contribution in [1.29, 1.82) is 5.26 Å². The maximum atomic E-state index is 9.52. The van der Waals surface area contributed by atoms with Crippen molar-refractivity contribution in [1.82, 2.24) is 0 Å². The number of nitrogens with zero attached hydrogens (tertiary/aromatic N) is 1. The quantitative estimate of drug-likeness (QED) is 0.213. The summed E-state index contributed by atoms with van der Waals surface area (Å²) < 4.78 is 0. The van der Waals surface area contributed by atoms with Gasteiger partial charge < -0.3 is 0 Å². The molecule has 33 heavy (non-hydrogen) atoms. The second-order valence-electron chi connectivity index (χ2n) is 12.5. The highest BCUT2D eigenvalue weighted by molar-refractivity contribution is 5.12. The molecule has 0 bridgehead atoms. The summed E-state index contributed by atoms with van der Waals surface area (Å²) >= 11 is 0. The predicted molar refractivity (Wildman–Crippen MR) is 145 cm³/mol. The lowest BCUT2D eigenvalue weighted by atomic mass is 9.61. The van der Waals surface area contributed by atoms with Crippen LogP contribution in [-0.4, -0.2) is 0 Å². The van der Waals surface area contributed by atoms with Crippen LogP contribution in [0.3, 0.4) is 0 Å². The van der Waals surface area contributed by atoms with Crippen LogP contribution in [0.2, 0.25) is 0 Å². The molecule has 11 atom stereocenters. The van der Waals surface area contributed by atoms with E-state index in [-0.39, 0.29) is 0 Å². The molecule has 0 N–H and O–H groups in total. The van der Waals surface area contributed by atoms with Gasteiger partial charge in [0, 0.05) is 5.92 Å². The fourth-order valence-electron chi connectivity index (χ4n) is 7.65. The minimum Gasteiger partial charge on any atom is -0.198 e. The van der Waals surface area contributed by atoms with Gasteiger partial charge in [-0.3, -0.25) is 0 Å². The topological polar surface area (TPSA) is 23.8 Å². The van der Waals surface area contributed by atoms with Gasteiger partial charge in [-0.25, -0.2) is 0 Å². The summed E-state index contributed by atoms with van der Waals surface area (Å²) in [6.07, 6.45) is 13.3. The Morgan fingerprint density at radius 3 is 2.09 bits per heavy atom. The Morgan fingerprint density at radius 2 is 1.64 bits per heavy atom. The van der Waals surface area contributed by atoms with E-state index in [2.05, 4.69) is 73.8 Å². The van der Waals surface area contributed by atoms with Gasteiger partial charge in [0.1, 0.15) is 0 Å². The first-order chi connectivity index (χ1) is 15.7. The molecule has 0 aromatic carbocycles. The maximum Gasteiger partial charge on any atom is 0.0658 e. The molecular formula is C32H55N. The Morgan fingerprint density at radius 1 is 1.03 bits per heavy atom. The van der Waals surface area contributed by atoms with E-state index in [1.54, 1.807) is 0 Å². The van der Waals surface area contributed by atoms with Crippen molar-refractivity contribution in [3.63, 3.8) is 0 Å². The highest BCUT2D eigenvalue weighted by Crippen LogP contribution is 2.49. The Kier molecular flexibility index (Phi) is 11.3. The van der Waals surface area contributed by atoms with Gasteiger partial charge in [0.15, 0.2) is 0 Å². The van der Waals surface area contributed by atoms with Crippen molar-refractivity contribution in [3.8, 4) is 6.07 Å². The first kappa shape index (κ1) is 28.2. The van der Waals surface area contributed by atoms with Crippen LogP contribution in [0.4, 0.5) is 0 Å². The summed E-state index contributed by atoms with van der Waals surface area (Å²) in [6, 6.07) is 2.59. The van der Waals surface area contributed by atoms with Gasteiger partial charge in [0.25, 0.3) is 0 Å². The van der Waals surface area contributed by atoms with E-state index in [1.165, 1.54) is 50.5 Å². The van der Waals surface area contributed by atoms with Crippen LogP contribution in [0, 0.1) is 76.4 Å². The lowest BCUT2D eigenvalue weighted by molar-refractivity contribution is 0.0697. The van der Waals surface area contributed by atoms with Crippen LogP contribution in [0.25, 0.3) is 0 Å². The van der Waals surface area contributed by atoms with Gasteiger partial charge in [0.2, 0.25) is 0 Å². The molecule has 2 aliphatic carbocycles. The van der Waals surface area contributed by atoms with Crippen molar-refractivity contribution in [3.05, 3.63) is 24.8 Å². The van der Waals surface area contributed by atoms with E-state index in [9.17, 15) is 5.26 Å². The van der Waals surface area contributed by atoms with Crippen molar-refractivity contribution >= 4 is 0 Å². The van der Waals surface area contributed by atoms with Crippen LogP contribution in [-0.2, 0) is 0 Å². The summed E-state index contributed by atoms with van der Waals surface area (Å²) in [5.41, 5.74) is 1.53. The average Bonchev–Trinajstić information content (AvgIpc) is 3.47. The molecule has 0 aromatic rings. The Hall–Kier alpha value is -1.03. The summed E-state index contributed by atoms with van der Waals surface area (Å²) in [7, 11) is 0. The van der Waals surface area contributed by atoms with Crippen LogP contribution in [0.1, 0.15) is 106 Å². The lowest BCUT2D eigenvalue weighted by Crippen LogP contribution is -2.36. The Labute approximate surface area is 207 Å². The fourth-order valence-corrected chi connectivity index (χ4v) is 7.65. The van der Waals surface area contributed by atoms with Crippen molar-refractivity contribution in [2.75, 3.05) is 0 Å². The van der Waals surface area contributed by atoms with E-state index in [0.29, 0.717) is 23.7 Å². The second-order valence-corrected chi connectivity index (χ2v) is 12.5. The third-order valence-corrected chi connectivity index (χ3v) is 10.00. The molecule has 0 spiro atoms. The van der Waals surface area contributed by atoms with Crippen LogP contribution >= 0.6 is 0 Å². The number of nitriles is 1. The zero-order valence-electron chi connectivity index (χ0n) is 23.2. The molecule has 0 radical (unpaired) electrons. The molecule has 1 heteroatoms.